The summed E-state index contributed by atoms with van der Waals surface area (Å²) >= 11 is 0. The van der Waals surface area contributed by atoms with Crippen LogP contribution in [0.1, 0.15) is 40.2 Å². The molecule has 0 spiro atoms. The monoisotopic (exact) mass is 368 g/mol. The number of rotatable bonds is 4. The number of Topliss-reactive ketones (excluding diaryl/α,β-unsaturated/α-hetero) is 2. The van der Waals surface area contributed by atoms with Gasteiger partial charge in [0.2, 0.25) is 11.6 Å². The van der Waals surface area contributed by atoms with Crippen molar-refractivity contribution in [1.82, 2.24) is 0 Å². The van der Waals surface area contributed by atoms with Crippen molar-refractivity contribution in [3.05, 3.63) is 41.7 Å². The van der Waals surface area contributed by atoms with Gasteiger partial charge in [0.25, 0.3) is 0 Å². The number of carbonyl (C=O) groups excluding carboxylic acids is 2. The Kier molecular flexibility index (Phi) is 5.00. The van der Waals surface area contributed by atoms with Crippen molar-refractivity contribution in [1.29, 1.82) is 0 Å². The van der Waals surface area contributed by atoms with E-state index < -0.39 is 23.5 Å². The SMILES string of the molecule is CCN(CC)c1ccc2c(c1)OC(C(C)(C)C)=C/C2=C\C1C(=O)C(=O)C1N. The van der Waals surface area contributed by atoms with Crippen LogP contribution in [0.2, 0.25) is 0 Å². The zero-order chi connectivity index (χ0) is 19.9. The van der Waals surface area contributed by atoms with E-state index in [-0.39, 0.29) is 5.41 Å². The summed E-state index contributed by atoms with van der Waals surface area (Å²) in [5.41, 5.74) is 8.54. The van der Waals surface area contributed by atoms with Gasteiger partial charge in [-0.25, -0.2) is 0 Å². The molecule has 0 aromatic heterocycles. The first kappa shape index (κ1) is 19.4. The molecule has 0 bridgehead atoms. The largest absolute Gasteiger partial charge is 0.460 e. The molecule has 5 heteroatoms. The first-order chi connectivity index (χ1) is 12.7. The molecule has 144 valence electrons. The Hall–Kier alpha value is -2.40. The second-order valence-electron chi connectivity index (χ2n) is 8.12. The van der Waals surface area contributed by atoms with E-state index in [2.05, 4.69) is 45.6 Å². The van der Waals surface area contributed by atoms with Crippen molar-refractivity contribution in [2.75, 3.05) is 18.0 Å². The number of allylic oxidation sites excluding steroid dienone is 3. The molecule has 0 amide bonds. The standard InChI is InChI=1S/C22H28N2O3/c1-6-24(7-2)14-8-9-15-13(10-16-19(23)21(26)20(16)25)11-18(22(3,4)5)27-17(15)12-14/h8-12,16,19H,6-7,23H2,1-5H3/b13-10+. The lowest BCUT2D eigenvalue weighted by atomic mass is 9.75. The van der Waals surface area contributed by atoms with Crippen molar-refractivity contribution >= 4 is 22.8 Å². The number of nitrogens with two attached hydrogens (primary N) is 1. The van der Waals surface area contributed by atoms with Gasteiger partial charge in [-0.2, -0.15) is 0 Å². The Bertz CT molecular complexity index is 842. The molecule has 2 aliphatic rings. The molecule has 1 saturated carbocycles. The fourth-order valence-corrected chi connectivity index (χ4v) is 3.43. The first-order valence-electron chi connectivity index (χ1n) is 9.52. The van der Waals surface area contributed by atoms with Crippen LogP contribution in [0.4, 0.5) is 5.69 Å². The van der Waals surface area contributed by atoms with Crippen LogP contribution in [0.5, 0.6) is 5.75 Å². The Morgan fingerprint density at radius 2 is 1.81 bits per heavy atom. The molecule has 2 N–H and O–H groups in total. The highest BCUT2D eigenvalue weighted by Gasteiger charge is 2.45. The molecular formula is C22H28N2O3. The van der Waals surface area contributed by atoms with Gasteiger partial charge in [-0.05, 0) is 37.6 Å². The minimum absolute atomic E-state index is 0.191. The van der Waals surface area contributed by atoms with E-state index in [1.807, 2.05) is 24.3 Å². The van der Waals surface area contributed by atoms with E-state index in [0.717, 1.165) is 41.4 Å². The predicted molar refractivity (Wildman–Crippen MR) is 108 cm³/mol. The smallest absolute Gasteiger partial charge is 0.216 e. The number of ether oxygens (including phenoxy) is 1. The van der Waals surface area contributed by atoms with Gasteiger partial charge in [-0.1, -0.05) is 26.8 Å². The van der Waals surface area contributed by atoms with Crippen molar-refractivity contribution in [2.45, 2.75) is 40.7 Å². The molecule has 3 rings (SSSR count). The minimum Gasteiger partial charge on any atom is -0.460 e. The third-order valence-electron chi connectivity index (χ3n) is 5.24. The van der Waals surface area contributed by atoms with Crippen LogP contribution in [-0.4, -0.2) is 30.7 Å². The fourth-order valence-electron chi connectivity index (χ4n) is 3.43. The van der Waals surface area contributed by atoms with Crippen LogP contribution in [0.3, 0.4) is 0 Å². The van der Waals surface area contributed by atoms with Gasteiger partial charge in [0, 0.05) is 35.8 Å². The quantitative estimate of drug-likeness (QED) is 0.825. The van der Waals surface area contributed by atoms with Crippen molar-refractivity contribution in [3.8, 4) is 5.75 Å². The topological polar surface area (TPSA) is 72.6 Å². The molecule has 1 heterocycles. The normalized spacial score (nSPS) is 23.5. The number of benzene rings is 1. The van der Waals surface area contributed by atoms with Crippen LogP contribution in [0.15, 0.2) is 36.1 Å². The summed E-state index contributed by atoms with van der Waals surface area (Å²) in [4.78, 5) is 25.7. The number of hydrogen-bond donors (Lipinski definition) is 1. The maximum absolute atomic E-state index is 11.9. The van der Waals surface area contributed by atoms with Crippen molar-refractivity contribution in [3.63, 3.8) is 0 Å². The van der Waals surface area contributed by atoms with Gasteiger partial charge >= 0.3 is 0 Å². The molecule has 27 heavy (non-hydrogen) atoms. The summed E-state index contributed by atoms with van der Waals surface area (Å²) in [6, 6.07) is 5.38. The molecule has 1 aromatic carbocycles. The third kappa shape index (κ3) is 3.44. The van der Waals surface area contributed by atoms with Gasteiger partial charge in [0.05, 0.1) is 12.0 Å². The van der Waals surface area contributed by atoms with E-state index in [0.29, 0.717) is 0 Å². The van der Waals surface area contributed by atoms with Gasteiger partial charge in [-0.15, -0.1) is 0 Å². The van der Waals surface area contributed by atoms with E-state index in [4.69, 9.17) is 10.5 Å². The zero-order valence-electron chi connectivity index (χ0n) is 16.7. The van der Waals surface area contributed by atoms with Crippen LogP contribution in [0.25, 0.3) is 5.57 Å². The second kappa shape index (κ2) is 6.97. The molecule has 1 aromatic rings. The lowest BCUT2D eigenvalue weighted by Crippen LogP contribution is -2.57. The van der Waals surface area contributed by atoms with Gasteiger partial charge in [-0.3, -0.25) is 9.59 Å². The lowest BCUT2D eigenvalue weighted by molar-refractivity contribution is -0.146. The molecule has 2 atom stereocenters. The summed E-state index contributed by atoms with van der Waals surface area (Å²) in [6.07, 6.45) is 3.78. The molecule has 0 saturated heterocycles. The van der Waals surface area contributed by atoms with E-state index >= 15 is 0 Å². The molecule has 1 fully saturated rings. The van der Waals surface area contributed by atoms with Crippen LogP contribution in [0, 0.1) is 11.3 Å². The summed E-state index contributed by atoms with van der Waals surface area (Å²) < 4.78 is 6.22. The molecule has 5 nitrogen and oxygen atoms in total. The summed E-state index contributed by atoms with van der Waals surface area (Å²) in [5.74, 6) is 0.141. The number of ketones is 2. The summed E-state index contributed by atoms with van der Waals surface area (Å²) in [5, 5.41) is 0. The van der Waals surface area contributed by atoms with Gasteiger partial charge in [0.15, 0.2) is 0 Å². The fraction of sp³-hybridized carbons (Fsp3) is 0.455. The van der Waals surface area contributed by atoms with Crippen molar-refractivity contribution in [2.24, 2.45) is 17.1 Å². The number of anilines is 1. The van der Waals surface area contributed by atoms with E-state index in [9.17, 15) is 9.59 Å². The average Bonchev–Trinajstić information content (AvgIpc) is 2.64. The van der Waals surface area contributed by atoms with E-state index in [1.165, 1.54) is 0 Å². The van der Waals surface area contributed by atoms with Crippen molar-refractivity contribution < 1.29 is 14.3 Å². The maximum Gasteiger partial charge on any atom is 0.216 e. The first-order valence-corrected chi connectivity index (χ1v) is 9.52. The molecule has 1 aliphatic carbocycles. The zero-order valence-corrected chi connectivity index (χ0v) is 16.7. The van der Waals surface area contributed by atoms with Gasteiger partial charge in [0.1, 0.15) is 11.5 Å². The molecule has 1 aliphatic heterocycles. The number of nitrogens with zero attached hydrogens (tertiary/aromatic N) is 1. The third-order valence-corrected chi connectivity index (χ3v) is 5.24. The highest BCUT2D eigenvalue weighted by molar-refractivity contribution is 6.47. The molecule has 0 radical (unpaired) electrons. The maximum atomic E-state index is 11.9. The molecular weight excluding hydrogens is 340 g/mol. The number of carbonyl (C=O) groups is 2. The van der Waals surface area contributed by atoms with Gasteiger partial charge < -0.3 is 15.4 Å². The summed E-state index contributed by atoms with van der Waals surface area (Å²) in [6.45, 7) is 12.3. The van der Waals surface area contributed by atoms with Crippen LogP contribution in [-0.2, 0) is 9.59 Å². The highest BCUT2D eigenvalue weighted by Crippen LogP contribution is 2.42. The highest BCUT2D eigenvalue weighted by atomic mass is 16.5. The Labute approximate surface area is 160 Å². The second-order valence-corrected chi connectivity index (χ2v) is 8.12. The average molecular weight is 368 g/mol. The number of hydrogen-bond acceptors (Lipinski definition) is 5. The Morgan fingerprint density at radius 3 is 2.37 bits per heavy atom. The lowest BCUT2D eigenvalue weighted by Gasteiger charge is -2.32. The van der Waals surface area contributed by atoms with Crippen LogP contribution < -0.4 is 15.4 Å². The Morgan fingerprint density at radius 1 is 1.15 bits per heavy atom. The predicted octanol–water partition coefficient (Wildman–Crippen LogP) is 3.33. The number of fused-ring (bicyclic) bond motifs is 1. The van der Waals surface area contributed by atoms with E-state index in [1.54, 1.807) is 0 Å². The minimum atomic E-state index is -0.738. The molecule has 2 unspecified atom stereocenters. The summed E-state index contributed by atoms with van der Waals surface area (Å²) in [7, 11) is 0. The Balaban J connectivity index is 2.07. The van der Waals surface area contributed by atoms with Crippen LogP contribution >= 0.6 is 0 Å².